The number of benzene rings is 1. The van der Waals surface area contributed by atoms with E-state index in [0.29, 0.717) is 6.04 Å². The summed E-state index contributed by atoms with van der Waals surface area (Å²) in [4.78, 5) is 13.7. The van der Waals surface area contributed by atoms with Crippen molar-refractivity contribution >= 4 is 11.6 Å². The summed E-state index contributed by atoms with van der Waals surface area (Å²) in [5.41, 5.74) is 2.32. The average molecular weight is 276 g/mol. The molecule has 1 unspecified atom stereocenters. The van der Waals surface area contributed by atoms with Gasteiger partial charge in [0.1, 0.15) is 5.75 Å². The Morgan fingerprint density at radius 3 is 2.95 bits per heavy atom. The lowest BCUT2D eigenvalue weighted by Crippen LogP contribution is -2.36. The van der Waals surface area contributed by atoms with Crippen LogP contribution in [0.25, 0.3) is 0 Å². The summed E-state index contributed by atoms with van der Waals surface area (Å²) < 4.78 is 5.73. The lowest BCUT2D eigenvalue weighted by molar-refractivity contribution is -0.133. The van der Waals surface area contributed by atoms with Crippen LogP contribution in [0.5, 0.6) is 5.75 Å². The first kappa shape index (κ1) is 14.7. The van der Waals surface area contributed by atoms with Crippen LogP contribution in [0.4, 0.5) is 5.69 Å². The Hall–Kier alpha value is -1.71. The SMILES string of the molecule is CC1CCc2cccc(OCC(=O)N(C)C(C)C)c2N1. The summed E-state index contributed by atoms with van der Waals surface area (Å²) in [6.45, 7) is 6.23. The molecule has 20 heavy (non-hydrogen) atoms. The molecule has 1 aromatic rings. The van der Waals surface area contributed by atoms with E-state index < -0.39 is 0 Å². The smallest absolute Gasteiger partial charge is 0.260 e. The van der Waals surface area contributed by atoms with Crippen LogP contribution >= 0.6 is 0 Å². The zero-order chi connectivity index (χ0) is 14.7. The lowest BCUT2D eigenvalue weighted by Gasteiger charge is -2.27. The second-order valence-electron chi connectivity index (χ2n) is 5.76. The molecule has 1 N–H and O–H groups in total. The van der Waals surface area contributed by atoms with Crippen LogP contribution in [0.15, 0.2) is 18.2 Å². The van der Waals surface area contributed by atoms with E-state index in [1.165, 1.54) is 5.56 Å². The first-order valence-electron chi connectivity index (χ1n) is 7.26. The molecule has 1 aliphatic rings. The summed E-state index contributed by atoms with van der Waals surface area (Å²) in [6.07, 6.45) is 2.19. The quantitative estimate of drug-likeness (QED) is 0.919. The zero-order valence-electron chi connectivity index (χ0n) is 12.8. The third kappa shape index (κ3) is 3.24. The minimum Gasteiger partial charge on any atom is -0.482 e. The highest BCUT2D eigenvalue weighted by Gasteiger charge is 2.19. The molecule has 0 saturated heterocycles. The number of hydrogen-bond acceptors (Lipinski definition) is 3. The molecular weight excluding hydrogens is 252 g/mol. The molecule has 0 aliphatic carbocycles. The molecule has 1 atom stereocenters. The van der Waals surface area contributed by atoms with E-state index >= 15 is 0 Å². The van der Waals surface area contributed by atoms with Gasteiger partial charge in [-0.1, -0.05) is 12.1 Å². The largest absolute Gasteiger partial charge is 0.482 e. The fourth-order valence-corrected chi connectivity index (χ4v) is 2.29. The zero-order valence-corrected chi connectivity index (χ0v) is 12.8. The van der Waals surface area contributed by atoms with E-state index in [0.717, 1.165) is 24.3 Å². The maximum Gasteiger partial charge on any atom is 0.260 e. The van der Waals surface area contributed by atoms with Crippen LogP contribution in [-0.4, -0.2) is 36.5 Å². The van der Waals surface area contributed by atoms with Crippen molar-refractivity contribution < 1.29 is 9.53 Å². The van der Waals surface area contributed by atoms with Gasteiger partial charge < -0.3 is 15.0 Å². The Labute approximate surface area is 121 Å². The lowest BCUT2D eigenvalue weighted by atomic mass is 9.98. The first-order valence-corrected chi connectivity index (χ1v) is 7.26. The molecule has 0 aromatic heterocycles. The minimum atomic E-state index is 0.00135. The number of anilines is 1. The first-order chi connectivity index (χ1) is 9.49. The van der Waals surface area contributed by atoms with Gasteiger partial charge in [-0.3, -0.25) is 4.79 Å². The summed E-state index contributed by atoms with van der Waals surface area (Å²) in [7, 11) is 1.80. The Kier molecular flexibility index (Phi) is 4.53. The number of nitrogens with zero attached hydrogens (tertiary/aromatic N) is 1. The van der Waals surface area contributed by atoms with Crippen molar-refractivity contribution in [3.05, 3.63) is 23.8 Å². The predicted molar refractivity (Wildman–Crippen MR) is 81.2 cm³/mol. The molecule has 1 aliphatic heterocycles. The number of fused-ring (bicyclic) bond motifs is 1. The average Bonchev–Trinajstić information content (AvgIpc) is 2.43. The Bertz CT molecular complexity index is 485. The number of carbonyl (C=O) groups is 1. The highest BCUT2D eigenvalue weighted by atomic mass is 16.5. The molecule has 110 valence electrons. The van der Waals surface area contributed by atoms with Crippen molar-refractivity contribution in [2.45, 2.75) is 45.7 Å². The molecule has 1 amide bonds. The maximum atomic E-state index is 12.0. The van der Waals surface area contributed by atoms with Crippen LogP contribution in [-0.2, 0) is 11.2 Å². The molecule has 4 heteroatoms. The van der Waals surface area contributed by atoms with E-state index in [1.807, 2.05) is 26.0 Å². The van der Waals surface area contributed by atoms with Crippen LogP contribution in [0, 0.1) is 0 Å². The number of carbonyl (C=O) groups excluding carboxylic acids is 1. The van der Waals surface area contributed by atoms with E-state index in [-0.39, 0.29) is 18.6 Å². The summed E-state index contributed by atoms with van der Waals surface area (Å²) in [5.74, 6) is 0.779. The number of hydrogen-bond donors (Lipinski definition) is 1. The number of likely N-dealkylation sites (N-methyl/N-ethyl adjacent to an activating group) is 1. The van der Waals surface area contributed by atoms with Crippen molar-refractivity contribution in [3.63, 3.8) is 0 Å². The molecule has 0 radical (unpaired) electrons. The van der Waals surface area contributed by atoms with E-state index in [1.54, 1.807) is 11.9 Å². The van der Waals surface area contributed by atoms with Gasteiger partial charge >= 0.3 is 0 Å². The molecule has 0 spiro atoms. The van der Waals surface area contributed by atoms with Gasteiger partial charge in [0.15, 0.2) is 6.61 Å². The van der Waals surface area contributed by atoms with Crippen molar-refractivity contribution in [2.24, 2.45) is 0 Å². The van der Waals surface area contributed by atoms with Crippen molar-refractivity contribution in [3.8, 4) is 5.75 Å². The van der Waals surface area contributed by atoms with Gasteiger partial charge in [0.2, 0.25) is 0 Å². The van der Waals surface area contributed by atoms with Gasteiger partial charge in [0, 0.05) is 19.1 Å². The summed E-state index contributed by atoms with van der Waals surface area (Å²) in [6, 6.07) is 6.66. The van der Waals surface area contributed by atoms with Crippen molar-refractivity contribution in [2.75, 3.05) is 19.0 Å². The molecule has 0 saturated carbocycles. The molecule has 4 nitrogen and oxygen atoms in total. The van der Waals surface area contributed by atoms with Crippen molar-refractivity contribution in [1.29, 1.82) is 0 Å². The van der Waals surface area contributed by atoms with Gasteiger partial charge in [-0.25, -0.2) is 0 Å². The van der Waals surface area contributed by atoms with Crippen LogP contribution in [0.1, 0.15) is 32.8 Å². The summed E-state index contributed by atoms with van der Waals surface area (Å²) >= 11 is 0. The third-order valence-corrected chi connectivity index (χ3v) is 3.87. The highest BCUT2D eigenvalue weighted by molar-refractivity contribution is 5.78. The molecule has 2 rings (SSSR count). The van der Waals surface area contributed by atoms with E-state index in [2.05, 4.69) is 18.3 Å². The number of para-hydroxylation sites is 1. The number of ether oxygens (including phenoxy) is 1. The standard InChI is InChI=1S/C16H24N2O2/c1-11(2)18(4)15(19)10-20-14-7-5-6-13-9-8-12(3)17-16(13)14/h5-7,11-12,17H,8-10H2,1-4H3. The van der Waals surface area contributed by atoms with Crippen LogP contribution in [0.3, 0.4) is 0 Å². The van der Waals surface area contributed by atoms with Gasteiger partial charge in [0.25, 0.3) is 5.91 Å². The summed E-state index contributed by atoms with van der Waals surface area (Å²) in [5, 5.41) is 3.45. The molecule has 1 heterocycles. The highest BCUT2D eigenvalue weighted by Crippen LogP contribution is 2.33. The van der Waals surface area contributed by atoms with E-state index in [9.17, 15) is 4.79 Å². The minimum absolute atomic E-state index is 0.00135. The van der Waals surface area contributed by atoms with E-state index in [4.69, 9.17) is 4.74 Å². The normalized spacial score (nSPS) is 17.4. The fraction of sp³-hybridized carbons (Fsp3) is 0.562. The van der Waals surface area contributed by atoms with Crippen LogP contribution < -0.4 is 10.1 Å². The van der Waals surface area contributed by atoms with Gasteiger partial charge in [-0.2, -0.15) is 0 Å². The fourth-order valence-electron chi connectivity index (χ4n) is 2.29. The molecule has 1 aromatic carbocycles. The monoisotopic (exact) mass is 276 g/mol. The van der Waals surface area contributed by atoms with Crippen molar-refractivity contribution in [1.82, 2.24) is 4.90 Å². The molecule has 0 fully saturated rings. The Balaban J connectivity index is 2.05. The second kappa shape index (κ2) is 6.16. The second-order valence-corrected chi connectivity index (χ2v) is 5.76. The number of aryl methyl sites for hydroxylation is 1. The van der Waals surface area contributed by atoms with Gasteiger partial charge in [-0.15, -0.1) is 0 Å². The number of nitrogens with one attached hydrogen (secondary N) is 1. The molecular formula is C16H24N2O2. The van der Waals surface area contributed by atoms with Gasteiger partial charge in [-0.05, 0) is 45.2 Å². The topological polar surface area (TPSA) is 41.6 Å². The van der Waals surface area contributed by atoms with Gasteiger partial charge in [0.05, 0.1) is 5.69 Å². The van der Waals surface area contributed by atoms with Crippen LogP contribution in [0.2, 0.25) is 0 Å². The Morgan fingerprint density at radius 2 is 2.25 bits per heavy atom. The third-order valence-electron chi connectivity index (χ3n) is 3.87. The number of rotatable bonds is 4. The predicted octanol–water partition coefficient (Wildman–Crippen LogP) is 2.68. The number of amides is 1. The maximum absolute atomic E-state index is 12.0. The molecule has 0 bridgehead atoms. The Morgan fingerprint density at radius 1 is 1.50 bits per heavy atom.